The molecule has 0 fully saturated rings. The van der Waals surface area contributed by atoms with Gasteiger partial charge in [-0.15, -0.1) is 0 Å². The Labute approximate surface area is 202 Å². The van der Waals surface area contributed by atoms with E-state index in [2.05, 4.69) is 91.0 Å². The number of pyridine rings is 1. The van der Waals surface area contributed by atoms with Gasteiger partial charge in [0.2, 0.25) is 0 Å². The van der Waals surface area contributed by atoms with E-state index in [0.29, 0.717) is 18.3 Å². The van der Waals surface area contributed by atoms with Gasteiger partial charge in [0.15, 0.2) is 0 Å². The molecule has 1 heterocycles. The van der Waals surface area contributed by atoms with E-state index < -0.39 is 0 Å². The number of hydrogen-bond donors (Lipinski definition) is 1. The molecule has 0 bridgehead atoms. The Kier molecular flexibility index (Phi) is 10.7. The molecule has 0 saturated carbocycles. The molecule has 0 aliphatic carbocycles. The van der Waals surface area contributed by atoms with Crippen molar-refractivity contribution in [2.24, 2.45) is 5.92 Å². The van der Waals surface area contributed by atoms with E-state index in [-0.39, 0.29) is 5.56 Å². The normalized spacial score (nSPS) is 14.8. The Morgan fingerprint density at radius 3 is 2.59 bits per heavy atom. The fraction of sp³-hybridized carbons (Fsp3) is 0.464. The topological polar surface area (TPSA) is 36.1 Å². The lowest BCUT2D eigenvalue weighted by Gasteiger charge is -2.27. The van der Waals surface area contributed by atoms with Crippen molar-refractivity contribution in [3.63, 3.8) is 0 Å². The van der Waals surface area contributed by atoms with Crippen LogP contribution in [-0.2, 0) is 6.42 Å². The molecule has 0 amide bonds. The molecule has 2 rings (SSSR count). The van der Waals surface area contributed by atoms with Crippen molar-refractivity contribution in [3.8, 4) is 0 Å². The molecule has 174 valence electrons. The van der Waals surface area contributed by atoms with Crippen molar-refractivity contribution < 1.29 is 0 Å². The SMILES string of the molecule is C/C=C\C=C(/C)Cc1cc2cc(Br)c(C(CCN(C)C)C(/C=C\CC)CC)cc2[nH]c1=O. The van der Waals surface area contributed by atoms with Gasteiger partial charge in [-0.25, -0.2) is 0 Å². The number of nitrogens with zero attached hydrogens (tertiary/aromatic N) is 1. The Bertz CT molecular complexity index is 1030. The van der Waals surface area contributed by atoms with Crippen molar-refractivity contribution in [1.82, 2.24) is 9.88 Å². The maximum Gasteiger partial charge on any atom is 0.251 e. The van der Waals surface area contributed by atoms with Gasteiger partial charge in [0.05, 0.1) is 0 Å². The summed E-state index contributed by atoms with van der Waals surface area (Å²) in [4.78, 5) is 18.2. The third kappa shape index (κ3) is 7.31. The van der Waals surface area contributed by atoms with E-state index in [1.54, 1.807) is 0 Å². The van der Waals surface area contributed by atoms with Crippen LogP contribution >= 0.6 is 15.9 Å². The summed E-state index contributed by atoms with van der Waals surface area (Å²) in [6.45, 7) is 9.53. The van der Waals surface area contributed by atoms with E-state index in [4.69, 9.17) is 0 Å². The molecule has 32 heavy (non-hydrogen) atoms. The Morgan fingerprint density at radius 1 is 1.22 bits per heavy atom. The molecular weight excluding hydrogens is 460 g/mol. The first-order valence-corrected chi connectivity index (χ1v) is 12.5. The lowest BCUT2D eigenvalue weighted by molar-refractivity contribution is 0.352. The van der Waals surface area contributed by atoms with Gasteiger partial charge in [-0.05, 0) is 101 Å². The van der Waals surface area contributed by atoms with Crippen molar-refractivity contribution >= 4 is 26.8 Å². The first-order chi connectivity index (χ1) is 15.3. The molecule has 2 aromatic rings. The number of allylic oxidation sites excluding steroid dienone is 6. The molecule has 2 unspecified atom stereocenters. The highest BCUT2D eigenvalue weighted by molar-refractivity contribution is 9.10. The molecule has 0 spiro atoms. The third-order valence-electron chi connectivity index (χ3n) is 5.97. The van der Waals surface area contributed by atoms with E-state index >= 15 is 0 Å². The first-order valence-electron chi connectivity index (χ1n) is 11.8. The average Bonchev–Trinajstić information content (AvgIpc) is 2.75. The van der Waals surface area contributed by atoms with Crippen molar-refractivity contribution in [2.45, 2.75) is 59.3 Å². The van der Waals surface area contributed by atoms with Gasteiger partial charge in [-0.2, -0.15) is 0 Å². The highest BCUT2D eigenvalue weighted by atomic mass is 79.9. The zero-order valence-electron chi connectivity index (χ0n) is 20.5. The molecule has 1 aromatic carbocycles. The molecule has 0 radical (unpaired) electrons. The fourth-order valence-electron chi connectivity index (χ4n) is 4.19. The van der Waals surface area contributed by atoms with Crippen LogP contribution in [0.3, 0.4) is 0 Å². The molecule has 3 nitrogen and oxygen atoms in total. The predicted molar refractivity (Wildman–Crippen MR) is 144 cm³/mol. The van der Waals surface area contributed by atoms with E-state index in [0.717, 1.165) is 46.7 Å². The predicted octanol–water partition coefficient (Wildman–Crippen LogP) is 7.38. The van der Waals surface area contributed by atoms with Crippen LogP contribution in [0, 0.1) is 5.92 Å². The van der Waals surface area contributed by atoms with Gasteiger partial charge in [0.25, 0.3) is 5.56 Å². The van der Waals surface area contributed by atoms with Crippen molar-refractivity contribution in [1.29, 1.82) is 0 Å². The summed E-state index contributed by atoms with van der Waals surface area (Å²) in [6.07, 6.45) is 14.6. The number of halogens is 1. The van der Waals surface area contributed by atoms with Gasteiger partial charge in [-0.1, -0.05) is 65.7 Å². The summed E-state index contributed by atoms with van der Waals surface area (Å²) in [5, 5.41) is 1.07. The second-order valence-corrected chi connectivity index (χ2v) is 9.76. The Morgan fingerprint density at radius 2 is 1.97 bits per heavy atom. The quantitative estimate of drug-likeness (QED) is 0.259. The van der Waals surface area contributed by atoms with Gasteiger partial charge < -0.3 is 9.88 Å². The number of fused-ring (bicyclic) bond motifs is 1. The number of benzene rings is 1. The standard InChI is InChI=1S/C28H39BrN2O/c1-7-10-12-20(4)16-23-17-22-18-26(29)25(19-27(22)30-28(23)32)24(14-15-31(5)6)21(9-3)13-11-8-2/h7,10-13,17-19,21,24H,8-9,14-16H2,1-6H3,(H,30,32)/b10-7-,13-11-,20-12+. The van der Waals surface area contributed by atoms with Gasteiger partial charge in [-0.3, -0.25) is 4.79 Å². The average molecular weight is 500 g/mol. The molecule has 4 heteroatoms. The monoisotopic (exact) mass is 498 g/mol. The van der Waals surface area contributed by atoms with Crippen LogP contribution in [0.1, 0.15) is 64.0 Å². The second-order valence-electron chi connectivity index (χ2n) is 8.91. The van der Waals surface area contributed by atoms with Gasteiger partial charge in [0, 0.05) is 15.6 Å². The highest BCUT2D eigenvalue weighted by Crippen LogP contribution is 2.38. The maximum absolute atomic E-state index is 12.8. The zero-order valence-corrected chi connectivity index (χ0v) is 22.1. The molecule has 2 atom stereocenters. The van der Waals surface area contributed by atoms with Crippen LogP contribution in [0.25, 0.3) is 10.9 Å². The van der Waals surface area contributed by atoms with Crippen molar-refractivity contribution in [2.75, 3.05) is 20.6 Å². The third-order valence-corrected chi connectivity index (χ3v) is 6.66. The van der Waals surface area contributed by atoms with Crippen LogP contribution in [0.15, 0.2) is 63.4 Å². The number of hydrogen-bond acceptors (Lipinski definition) is 2. The molecule has 1 aromatic heterocycles. The number of aromatic nitrogens is 1. The van der Waals surface area contributed by atoms with Crippen LogP contribution in [-0.4, -0.2) is 30.5 Å². The molecule has 0 saturated heterocycles. The number of H-pyrrole nitrogens is 1. The molecular formula is C28H39BrN2O. The lowest BCUT2D eigenvalue weighted by Crippen LogP contribution is -2.20. The summed E-state index contributed by atoms with van der Waals surface area (Å²) in [5.74, 6) is 0.854. The Balaban J connectivity index is 2.51. The van der Waals surface area contributed by atoms with Gasteiger partial charge >= 0.3 is 0 Å². The van der Waals surface area contributed by atoms with Crippen LogP contribution in [0.5, 0.6) is 0 Å². The molecule has 1 N–H and O–H groups in total. The zero-order chi connectivity index (χ0) is 23.7. The van der Waals surface area contributed by atoms with E-state index in [1.807, 2.05) is 25.1 Å². The van der Waals surface area contributed by atoms with Crippen LogP contribution in [0.2, 0.25) is 0 Å². The van der Waals surface area contributed by atoms with Crippen molar-refractivity contribution in [3.05, 3.63) is 80.1 Å². The van der Waals surface area contributed by atoms with E-state index in [9.17, 15) is 4.79 Å². The van der Waals surface area contributed by atoms with Crippen LogP contribution in [0.4, 0.5) is 0 Å². The second kappa shape index (κ2) is 13.0. The summed E-state index contributed by atoms with van der Waals surface area (Å²) >= 11 is 3.87. The first kappa shape index (κ1) is 26.3. The van der Waals surface area contributed by atoms with Gasteiger partial charge in [0.1, 0.15) is 0 Å². The largest absolute Gasteiger partial charge is 0.322 e. The molecule has 0 aliphatic heterocycles. The minimum absolute atomic E-state index is 0.00163. The summed E-state index contributed by atoms with van der Waals surface area (Å²) < 4.78 is 1.12. The fourth-order valence-corrected chi connectivity index (χ4v) is 4.84. The minimum Gasteiger partial charge on any atom is -0.322 e. The van der Waals surface area contributed by atoms with Crippen LogP contribution < -0.4 is 5.56 Å². The minimum atomic E-state index is 0.00163. The highest BCUT2D eigenvalue weighted by Gasteiger charge is 2.23. The summed E-state index contributed by atoms with van der Waals surface area (Å²) in [6, 6.07) is 6.41. The lowest BCUT2D eigenvalue weighted by atomic mass is 9.81. The smallest absolute Gasteiger partial charge is 0.251 e. The number of aromatic amines is 1. The van der Waals surface area contributed by atoms with E-state index in [1.165, 1.54) is 11.1 Å². The number of rotatable bonds is 11. The summed E-state index contributed by atoms with van der Waals surface area (Å²) in [7, 11) is 4.25. The summed E-state index contributed by atoms with van der Waals surface area (Å²) in [5.41, 5.74) is 4.16. The number of nitrogens with one attached hydrogen (secondary N) is 1. The maximum atomic E-state index is 12.8. The Hall–Kier alpha value is -1.91. The molecule has 0 aliphatic rings.